The Bertz CT molecular complexity index is 336. The molecule has 16 heavy (non-hydrogen) atoms. The van der Waals surface area contributed by atoms with Gasteiger partial charge in [-0.2, -0.15) is 0 Å². The van der Waals surface area contributed by atoms with Crippen LogP contribution in [0.3, 0.4) is 0 Å². The van der Waals surface area contributed by atoms with Crippen LogP contribution in [-0.4, -0.2) is 29.8 Å². The summed E-state index contributed by atoms with van der Waals surface area (Å²) in [6.45, 7) is 3.68. The van der Waals surface area contributed by atoms with Crippen molar-refractivity contribution in [3.8, 4) is 0 Å². The molecule has 2 atom stereocenters. The van der Waals surface area contributed by atoms with Gasteiger partial charge in [0.1, 0.15) is 5.92 Å². The lowest BCUT2D eigenvalue weighted by atomic mass is 9.77. The molecule has 0 radical (unpaired) electrons. The van der Waals surface area contributed by atoms with Crippen molar-refractivity contribution in [2.75, 3.05) is 13.1 Å². The number of alkyl halides is 2. The normalized spacial score (nSPS) is 38.6. The molecule has 2 saturated carbocycles. The number of halogens is 2. The molecule has 0 aromatic rings. The predicted octanol–water partition coefficient (Wildman–Crippen LogP) is 2.29. The molecule has 1 spiro atoms. The zero-order chi connectivity index (χ0) is 11.6. The first-order valence-corrected chi connectivity index (χ1v) is 6.09. The van der Waals surface area contributed by atoms with Gasteiger partial charge in [0, 0.05) is 24.9 Å². The number of rotatable bonds is 1. The Morgan fingerprint density at radius 3 is 2.38 bits per heavy atom. The van der Waals surface area contributed by atoms with E-state index < -0.39 is 11.8 Å². The molecule has 1 aliphatic heterocycles. The van der Waals surface area contributed by atoms with Crippen molar-refractivity contribution in [2.45, 2.75) is 38.5 Å². The number of carbonyl (C=O) groups excluding carboxylic acids is 1. The van der Waals surface area contributed by atoms with Gasteiger partial charge in [0.25, 0.3) is 5.92 Å². The molecular weight excluding hydrogens is 212 g/mol. The van der Waals surface area contributed by atoms with E-state index in [2.05, 4.69) is 6.92 Å². The fourth-order valence-corrected chi connectivity index (χ4v) is 3.40. The molecule has 0 N–H and O–H groups in total. The fourth-order valence-electron chi connectivity index (χ4n) is 3.40. The minimum Gasteiger partial charge on any atom is -0.341 e. The average molecular weight is 229 g/mol. The smallest absolute Gasteiger partial charge is 0.260 e. The zero-order valence-corrected chi connectivity index (χ0v) is 9.51. The van der Waals surface area contributed by atoms with E-state index in [-0.39, 0.29) is 12.3 Å². The van der Waals surface area contributed by atoms with Crippen LogP contribution in [0.2, 0.25) is 0 Å². The van der Waals surface area contributed by atoms with Crippen LogP contribution in [0.5, 0.6) is 0 Å². The SMILES string of the molecule is C[C@H]1CCC2(C1)CN(C(=O)C1CC1(F)F)C2. The Labute approximate surface area is 94.0 Å². The monoisotopic (exact) mass is 229 g/mol. The standard InChI is InChI=1S/C12H17F2NO/c1-8-2-3-11(4-8)6-15(7-11)10(16)9-5-12(9,13)14/h8-9H,2-7H2,1H3/t8-,9?/m0/s1. The summed E-state index contributed by atoms with van der Waals surface area (Å²) >= 11 is 0. The Kier molecular flexibility index (Phi) is 1.94. The van der Waals surface area contributed by atoms with Gasteiger partial charge in [-0.05, 0) is 18.8 Å². The van der Waals surface area contributed by atoms with Gasteiger partial charge < -0.3 is 4.90 Å². The molecule has 0 aromatic heterocycles. The highest BCUT2D eigenvalue weighted by atomic mass is 19.3. The molecule has 4 heteroatoms. The third kappa shape index (κ3) is 1.45. The second-order valence-electron chi connectivity index (χ2n) is 6.06. The summed E-state index contributed by atoms with van der Waals surface area (Å²) in [6, 6.07) is 0. The summed E-state index contributed by atoms with van der Waals surface area (Å²) in [6.07, 6.45) is 3.32. The molecule has 1 amide bonds. The first kappa shape index (κ1) is 10.5. The third-order valence-corrected chi connectivity index (χ3v) is 4.44. The molecule has 1 heterocycles. The van der Waals surface area contributed by atoms with E-state index >= 15 is 0 Å². The van der Waals surface area contributed by atoms with E-state index in [4.69, 9.17) is 0 Å². The molecule has 3 aliphatic rings. The van der Waals surface area contributed by atoms with Crippen LogP contribution in [0, 0.1) is 17.3 Å². The number of carbonyl (C=O) groups is 1. The molecule has 1 unspecified atom stereocenters. The molecule has 3 rings (SSSR count). The van der Waals surface area contributed by atoms with E-state index in [1.807, 2.05) is 0 Å². The largest absolute Gasteiger partial charge is 0.341 e. The van der Waals surface area contributed by atoms with Crippen LogP contribution in [0.4, 0.5) is 8.78 Å². The lowest BCUT2D eigenvalue weighted by Gasteiger charge is -2.48. The second kappa shape index (κ2) is 2.96. The predicted molar refractivity (Wildman–Crippen MR) is 55.1 cm³/mol. The molecule has 0 aromatic carbocycles. The Hall–Kier alpha value is -0.670. The number of likely N-dealkylation sites (tertiary alicyclic amines) is 1. The van der Waals surface area contributed by atoms with E-state index in [1.165, 1.54) is 12.8 Å². The van der Waals surface area contributed by atoms with Crippen LogP contribution in [-0.2, 0) is 4.79 Å². The van der Waals surface area contributed by atoms with Crippen LogP contribution in [0.1, 0.15) is 32.6 Å². The first-order chi connectivity index (χ1) is 7.42. The quantitative estimate of drug-likeness (QED) is 0.675. The van der Waals surface area contributed by atoms with Crippen molar-refractivity contribution in [3.05, 3.63) is 0 Å². The summed E-state index contributed by atoms with van der Waals surface area (Å²) in [5.41, 5.74) is 0.291. The maximum absolute atomic E-state index is 12.8. The topological polar surface area (TPSA) is 20.3 Å². The molecule has 0 bridgehead atoms. The average Bonchev–Trinajstić information content (AvgIpc) is 2.60. The number of amides is 1. The van der Waals surface area contributed by atoms with Crippen molar-refractivity contribution in [3.63, 3.8) is 0 Å². The van der Waals surface area contributed by atoms with Gasteiger partial charge in [-0.1, -0.05) is 13.3 Å². The highest BCUT2D eigenvalue weighted by Crippen LogP contribution is 2.53. The van der Waals surface area contributed by atoms with Crippen molar-refractivity contribution in [1.29, 1.82) is 0 Å². The van der Waals surface area contributed by atoms with Gasteiger partial charge in [-0.25, -0.2) is 8.78 Å². The van der Waals surface area contributed by atoms with Crippen LogP contribution in [0.25, 0.3) is 0 Å². The maximum atomic E-state index is 12.8. The van der Waals surface area contributed by atoms with Crippen molar-refractivity contribution in [2.24, 2.45) is 17.3 Å². The lowest BCUT2D eigenvalue weighted by Crippen LogP contribution is -2.58. The second-order valence-corrected chi connectivity index (χ2v) is 6.06. The summed E-state index contributed by atoms with van der Waals surface area (Å²) in [5, 5.41) is 0. The van der Waals surface area contributed by atoms with E-state index in [9.17, 15) is 13.6 Å². The maximum Gasteiger partial charge on any atom is 0.260 e. The Morgan fingerprint density at radius 1 is 1.31 bits per heavy atom. The Balaban J connectivity index is 1.56. The first-order valence-electron chi connectivity index (χ1n) is 6.09. The number of hydrogen-bond acceptors (Lipinski definition) is 1. The number of hydrogen-bond donors (Lipinski definition) is 0. The van der Waals surface area contributed by atoms with Gasteiger partial charge in [0.2, 0.25) is 5.91 Å². The summed E-state index contributed by atoms with van der Waals surface area (Å²) in [7, 11) is 0. The molecule has 1 saturated heterocycles. The third-order valence-electron chi connectivity index (χ3n) is 4.44. The summed E-state index contributed by atoms with van der Waals surface area (Å²) in [4.78, 5) is 13.3. The molecular formula is C12H17F2NO. The molecule has 2 nitrogen and oxygen atoms in total. The fraction of sp³-hybridized carbons (Fsp3) is 0.917. The minimum atomic E-state index is -2.71. The van der Waals surface area contributed by atoms with Crippen molar-refractivity contribution in [1.82, 2.24) is 4.90 Å². The molecule has 90 valence electrons. The highest BCUT2D eigenvalue weighted by Gasteiger charge is 2.64. The minimum absolute atomic E-state index is 0.230. The summed E-state index contributed by atoms with van der Waals surface area (Å²) in [5.74, 6) is -3.28. The van der Waals surface area contributed by atoms with Crippen molar-refractivity contribution < 1.29 is 13.6 Å². The van der Waals surface area contributed by atoms with Gasteiger partial charge in [0.15, 0.2) is 0 Å². The highest BCUT2D eigenvalue weighted by molar-refractivity contribution is 5.83. The van der Waals surface area contributed by atoms with Gasteiger partial charge >= 0.3 is 0 Å². The van der Waals surface area contributed by atoms with Gasteiger partial charge in [-0.15, -0.1) is 0 Å². The van der Waals surface area contributed by atoms with Crippen molar-refractivity contribution >= 4 is 5.91 Å². The number of nitrogens with zero attached hydrogens (tertiary/aromatic N) is 1. The lowest BCUT2D eigenvalue weighted by molar-refractivity contribution is -0.147. The van der Waals surface area contributed by atoms with Crippen LogP contribution >= 0.6 is 0 Å². The summed E-state index contributed by atoms with van der Waals surface area (Å²) < 4.78 is 25.5. The van der Waals surface area contributed by atoms with E-state index in [1.54, 1.807) is 4.90 Å². The zero-order valence-electron chi connectivity index (χ0n) is 9.51. The Morgan fingerprint density at radius 2 is 1.94 bits per heavy atom. The van der Waals surface area contributed by atoms with Crippen LogP contribution < -0.4 is 0 Å². The van der Waals surface area contributed by atoms with E-state index in [0.717, 1.165) is 25.4 Å². The van der Waals surface area contributed by atoms with Gasteiger partial charge in [0.05, 0.1) is 0 Å². The van der Waals surface area contributed by atoms with Gasteiger partial charge in [-0.3, -0.25) is 4.79 Å². The van der Waals surface area contributed by atoms with Crippen LogP contribution in [0.15, 0.2) is 0 Å². The molecule has 3 fully saturated rings. The molecule has 2 aliphatic carbocycles. The van der Waals surface area contributed by atoms with E-state index in [0.29, 0.717) is 5.41 Å².